The van der Waals surface area contributed by atoms with E-state index in [1.807, 2.05) is 0 Å². The molecule has 0 bridgehead atoms. The number of benzene rings is 2. The number of rotatable bonds is 7. The van der Waals surface area contributed by atoms with Crippen LogP contribution < -0.4 is 10.9 Å². The molecule has 1 fully saturated rings. The quantitative estimate of drug-likeness (QED) is 0.544. The van der Waals surface area contributed by atoms with Crippen LogP contribution in [0.25, 0.3) is 0 Å². The summed E-state index contributed by atoms with van der Waals surface area (Å²) in [4.78, 5) is 24.4. The summed E-state index contributed by atoms with van der Waals surface area (Å²) in [5, 5.41) is 0. The van der Waals surface area contributed by atoms with Gasteiger partial charge in [0.15, 0.2) is 9.84 Å². The first-order valence-corrected chi connectivity index (χ1v) is 12.8. The van der Waals surface area contributed by atoms with Gasteiger partial charge in [-0.1, -0.05) is 24.3 Å². The van der Waals surface area contributed by atoms with Gasteiger partial charge in [-0.2, -0.15) is 4.31 Å². The summed E-state index contributed by atoms with van der Waals surface area (Å²) >= 11 is 0. The number of morpholine rings is 1. The van der Waals surface area contributed by atoms with Gasteiger partial charge in [-0.15, -0.1) is 0 Å². The average Bonchev–Trinajstić information content (AvgIpc) is 2.82. The summed E-state index contributed by atoms with van der Waals surface area (Å²) in [5.41, 5.74) is 4.34. The Morgan fingerprint density at radius 2 is 1.53 bits per heavy atom. The molecule has 3 rings (SSSR count). The van der Waals surface area contributed by atoms with Crippen LogP contribution in [0.2, 0.25) is 0 Å². The van der Waals surface area contributed by atoms with E-state index >= 15 is 0 Å². The Kier molecular flexibility index (Phi) is 7.61. The summed E-state index contributed by atoms with van der Waals surface area (Å²) < 4.78 is 56.4. The molecular weight excluding hydrogens is 458 g/mol. The third kappa shape index (κ3) is 5.91. The lowest BCUT2D eigenvalue weighted by Crippen LogP contribution is -2.42. The summed E-state index contributed by atoms with van der Waals surface area (Å²) in [6.07, 6.45) is -0.358. The first-order valence-electron chi connectivity index (χ1n) is 9.75. The molecule has 0 spiro atoms. The molecule has 172 valence electrons. The van der Waals surface area contributed by atoms with Gasteiger partial charge in [-0.25, -0.2) is 16.8 Å². The predicted octanol–water partition coefficient (Wildman–Crippen LogP) is 0.333. The molecule has 32 heavy (non-hydrogen) atoms. The zero-order valence-corrected chi connectivity index (χ0v) is 18.7. The Balaban J connectivity index is 1.57. The van der Waals surface area contributed by atoms with E-state index in [0.29, 0.717) is 13.2 Å². The minimum Gasteiger partial charge on any atom is -0.379 e. The van der Waals surface area contributed by atoms with Gasteiger partial charge in [0.2, 0.25) is 15.9 Å². The van der Waals surface area contributed by atoms with Crippen LogP contribution in [0.15, 0.2) is 64.4 Å². The maximum atomic E-state index is 12.7. The smallest absolute Gasteiger partial charge is 0.269 e. The molecular formula is C20H23N3O7S2. The Labute approximate surface area is 186 Å². The van der Waals surface area contributed by atoms with E-state index in [0.717, 1.165) is 0 Å². The molecule has 0 saturated carbocycles. The zero-order valence-electron chi connectivity index (χ0n) is 17.1. The SMILES string of the molecule is O=C(CCS(=O)(=O)c1ccccc1)NNC(=O)c1cccc(S(=O)(=O)N2CCOCC2)c1. The van der Waals surface area contributed by atoms with Gasteiger partial charge >= 0.3 is 0 Å². The lowest BCUT2D eigenvalue weighted by molar-refractivity contribution is -0.121. The van der Waals surface area contributed by atoms with Crippen molar-refractivity contribution in [1.29, 1.82) is 0 Å². The van der Waals surface area contributed by atoms with Crippen LogP contribution in [0.1, 0.15) is 16.8 Å². The largest absolute Gasteiger partial charge is 0.379 e. The van der Waals surface area contributed by atoms with Gasteiger partial charge in [0.05, 0.1) is 28.8 Å². The van der Waals surface area contributed by atoms with Gasteiger partial charge in [-0.05, 0) is 30.3 Å². The van der Waals surface area contributed by atoms with Crippen molar-refractivity contribution in [3.05, 3.63) is 60.2 Å². The molecule has 12 heteroatoms. The van der Waals surface area contributed by atoms with E-state index in [4.69, 9.17) is 4.74 Å². The van der Waals surface area contributed by atoms with Crippen molar-refractivity contribution in [2.24, 2.45) is 0 Å². The second-order valence-electron chi connectivity index (χ2n) is 6.93. The van der Waals surface area contributed by atoms with E-state index in [1.165, 1.54) is 40.7 Å². The highest BCUT2D eigenvalue weighted by Crippen LogP contribution is 2.18. The van der Waals surface area contributed by atoms with E-state index in [9.17, 15) is 26.4 Å². The Morgan fingerprint density at radius 3 is 2.22 bits per heavy atom. The minimum atomic E-state index is -3.78. The highest BCUT2D eigenvalue weighted by molar-refractivity contribution is 7.91. The normalized spacial score (nSPS) is 15.1. The van der Waals surface area contributed by atoms with Gasteiger partial charge in [0.25, 0.3) is 5.91 Å². The van der Waals surface area contributed by atoms with Crippen molar-refractivity contribution >= 4 is 31.7 Å². The fourth-order valence-electron chi connectivity index (χ4n) is 2.97. The number of hydrogen-bond donors (Lipinski definition) is 2. The van der Waals surface area contributed by atoms with Crippen LogP contribution in [-0.2, 0) is 29.4 Å². The molecule has 0 unspecified atom stereocenters. The second kappa shape index (κ2) is 10.2. The van der Waals surface area contributed by atoms with Gasteiger partial charge < -0.3 is 4.74 Å². The molecule has 0 aliphatic carbocycles. The third-order valence-corrected chi connectivity index (χ3v) is 8.35. The molecule has 1 saturated heterocycles. The number of sulfonamides is 1. The molecule has 10 nitrogen and oxygen atoms in total. The number of ether oxygens (including phenoxy) is 1. The second-order valence-corrected chi connectivity index (χ2v) is 11.0. The summed E-state index contributed by atoms with van der Waals surface area (Å²) in [6.45, 7) is 1.04. The lowest BCUT2D eigenvalue weighted by Gasteiger charge is -2.26. The minimum absolute atomic E-state index is 0.0246. The number of sulfone groups is 1. The van der Waals surface area contributed by atoms with Gasteiger partial charge in [0, 0.05) is 25.1 Å². The standard InChI is InChI=1S/C20H23N3O7S2/c24-19(9-14-31(26,27)17-6-2-1-3-7-17)21-22-20(25)16-5-4-8-18(15-16)32(28,29)23-10-12-30-13-11-23/h1-8,15H,9-14H2,(H,21,24)(H,22,25). The maximum absolute atomic E-state index is 12.7. The van der Waals surface area contributed by atoms with Crippen LogP contribution in [0, 0.1) is 0 Å². The average molecular weight is 482 g/mol. The van der Waals surface area contributed by atoms with Crippen molar-refractivity contribution in [3.8, 4) is 0 Å². The summed E-state index contributed by atoms with van der Waals surface area (Å²) in [6, 6.07) is 13.2. The van der Waals surface area contributed by atoms with Crippen molar-refractivity contribution in [3.63, 3.8) is 0 Å². The van der Waals surface area contributed by atoms with E-state index in [1.54, 1.807) is 18.2 Å². The van der Waals surface area contributed by atoms with Crippen molar-refractivity contribution in [1.82, 2.24) is 15.2 Å². The third-order valence-electron chi connectivity index (χ3n) is 4.72. The first kappa shape index (κ1) is 23.9. The van der Waals surface area contributed by atoms with Crippen LogP contribution >= 0.6 is 0 Å². The van der Waals surface area contributed by atoms with Crippen LogP contribution in [-0.4, -0.2) is 65.0 Å². The number of hydrazine groups is 1. The number of hydrogen-bond acceptors (Lipinski definition) is 7. The van der Waals surface area contributed by atoms with E-state index < -0.39 is 37.4 Å². The van der Waals surface area contributed by atoms with Gasteiger partial charge in [0.1, 0.15) is 0 Å². The topological polar surface area (TPSA) is 139 Å². The number of nitrogens with zero attached hydrogens (tertiary/aromatic N) is 1. The maximum Gasteiger partial charge on any atom is 0.269 e. The zero-order chi connectivity index (χ0) is 23.2. The Morgan fingerprint density at radius 1 is 0.875 bits per heavy atom. The lowest BCUT2D eigenvalue weighted by atomic mass is 10.2. The van der Waals surface area contributed by atoms with E-state index in [2.05, 4.69) is 10.9 Å². The molecule has 1 aliphatic heterocycles. The van der Waals surface area contributed by atoms with Gasteiger partial charge in [-0.3, -0.25) is 20.4 Å². The molecule has 0 radical (unpaired) electrons. The number of nitrogens with one attached hydrogen (secondary N) is 2. The summed E-state index contributed by atoms with van der Waals surface area (Å²) in [7, 11) is -7.41. The molecule has 2 aromatic rings. The fraction of sp³-hybridized carbons (Fsp3) is 0.300. The van der Waals surface area contributed by atoms with Crippen LogP contribution in [0.3, 0.4) is 0 Å². The summed E-state index contributed by atoms with van der Waals surface area (Å²) in [5.74, 6) is -1.86. The molecule has 0 aromatic heterocycles. The molecule has 0 atom stereocenters. The van der Waals surface area contributed by atoms with Crippen molar-refractivity contribution in [2.75, 3.05) is 32.1 Å². The Hall–Kier alpha value is -2.80. The molecule has 1 heterocycles. The highest BCUT2D eigenvalue weighted by Gasteiger charge is 2.27. The number of amides is 2. The first-order chi connectivity index (χ1) is 15.2. The number of carbonyl (C=O) groups is 2. The number of carbonyl (C=O) groups excluding carboxylic acids is 2. The van der Waals surface area contributed by atoms with Crippen molar-refractivity contribution in [2.45, 2.75) is 16.2 Å². The predicted molar refractivity (Wildman–Crippen MR) is 115 cm³/mol. The molecule has 2 amide bonds. The molecule has 1 aliphatic rings. The van der Waals surface area contributed by atoms with Crippen LogP contribution in [0.5, 0.6) is 0 Å². The highest BCUT2D eigenvalue weighted by atomic mass is 32.2. The fourth-order valence-corrected chi connectivity index (χ4v) is 5.68. The van der Waals surface area contributed by atoms with E-state index in [-0.39, 0.29) is 34.9 Å². The molecule has 2 N–H and O–H groups in total. The monoisotopic (exact) mass is 481 g/mol. The molecule has 2 aromatic carbocycles. The van der Waals surface area contributed by atoms with Crippen LogP contribution in [0.4, 0.5) is 0 Å². The van der Waals surface area contributed by atoms with Crippen molar-refractivity contribution < 1.29 is 31.2 Å². The Bertz CT molecular complexity index is 1180.